The molecular weight excluding hydrogens is 393 g/mol. The molecule has 0 aromatic heterocycles. The number of halogens is 1. The molecule has 1 aliphatic heterocycles. The Labute approximate surface area is 171 Å². The maximum atomic E-state index is 14.2. The second kappa shape index (κ2) is 9.39. The fourth-order valence-corrected chi connectivity index (χ4v) is 5.23. The SMILES string of the molecule is CCCS(=O)(=O)N1CCCc2cccc(OCc3ccc(CCC=O)c(F)c3)c21. The van der Waals surface area contributed by atoms with Gasteiger partial charge >= 0.3 is 0 Å². The number of benzene rings is 2. The molecule has 5 nitrogen and oxygen atoms in total. The molecular formula is C22H26FNO4S. The van der Waals surface area contributed by atoms with Crippen molar-refractivity contribution in [1.29, 1.82) is 0 Å². The van der Waals surface area contributed by atoms with Crippen molar-refractivity contribution in [1.82, 2.24) is 0 Å². The Morgan fingerprint density at radius 1 is 1.24 bits per heavy atom. The zero-order chi connectivity index (χ0) is 20.9. The van der Waals surface area contributed by atoms with Crippen LogP contribution >= 0.6 is 0 Å². The van der Waals surface area contributed by atoms with Crippen LogP contribution in [0.25, 0.3) is 0 Å². The Hall–Kier alpha value is -2.41. The summed E-state index contributed by atoms with van der Waals surface area (Å²) in [5.74, 6) is 0.219. The molecule has 0 atom stereocenters. The van der Waals surface area contributed by atoms with E-state index in [-0.39, 0.29) is 24.6 Å². The lowest BCUT2D eigenvalue weighted by Crippen LogP contribution is -2.37. The summed E-state index contributed by atoms with van der Waals surface area (Å²) in [6, 6.07) is 10.4. The third-order valence-corrected chi connectivity index (χ3v) is 6.94. The average molecular weight is 420 g/mol. The number of para-hydroxylation sites is 1. The molecule has 29 heavy (non-hydrogen) atoms. The molecule has 0 saturated heterocycles. The molecule has 7 heteroatoms. The fraction of sp³-hybridized carbons (Fsp3) is 0.409. The number of anilines is 1. The van der Waals surface area contributed by atoms with Crippen molar-refractivity contribution in [2.24, 2.45) is 0 Å². The van der Waals surface area contributed by atoms with Gasteiger partial charge in [0.2, 0.25) is 10.0 Å². The third kappa shape index (κ3) is 4.96. The van der Waals surface area contributed by atoms with Crippen LogP contribution in [-0.4, -0.2) is 27.0 Å². The van der Waals surface area contributed by atoms with Gasteiger partial charge in [0.25, 0.3) is 0 Å². The van der Waals surface area contributed by atoms with Crippen LogP contribution in [0.1, 0.15) is 42.9 Å². The Balaban J connectivity index is 1.82. The minimum absolute atomic E-state index is 0.0915. The number of sulfonamides is 1. The molecule has 0 amide bonds. The first-order valence-corrected chi connectivity index (χ1v) is 11.5. The molecule has 1 heterocycles. The van der Waals surface area contributed by atoms with Crippen molar-refractivity contribution in [3.05, 3.63) is 58.9 Å². The standard InChI is InChI=1S/C22H26FNO4S/c1-2-14-29(26,27)24-12-4-7-19-6-3-9-21(22(19)24)28-16-17-10-11-18(8-5-13-25)20(23)15-17/h3,6,9-11,13,15H,2,4-5,7-8,12,14,16H2,1H3. The van der Waals surface area contributed by atoms with Gasteiger partial charge in [-0.05, 0) is 54.5 Å². The summed E-state index contributed by atoms with van der Waals surface area (Å²) >= 11 is 0. The van der Waals surface area contributed by atoms with E-state index >= 15 is 0 Å². The molecule has 2 aromatic rings. The molecule has 0 saturated carbocycles. The van der Waals surface area contributed by atoms with E-state index in [4.69, 9.17) is 4.74 Å². The van der Waals surface area contributed by atoms with Gasteiger partial charge in [0, 0.05) is 13.0 Å². The summed E-state index contributed by atoms with van der Waals surface area (Å²) in [5, 5.41) is 0. The summed E-state index contributed by atoms with van der Waals surface area (Å²) in [6.07, 6.45) is 3.54. The monoisotopic (exact) mass is 419 g/mol. The maximum absolute atomic E-state index is 14.2. The van der Waals surface area contributed by atoms with E-state index in [9.17, 15) is 17.6 Å². The van der Waals surface area contributed by atoms with Crippen molar-refractivity contribution in [3.8, 4) is 5.75 Å². The van der Waals surface area contributed by atoms with Crippen molar-refractivity contribution >= 4 is 22.0 Å². The number of hydrogen-bond donors (Lipinski definition) is 0. The summed E-state index contributed by atoms with van der Waals surface area (Å²) in [7, 11) is -3.41. The van der Waals surface area contributed by atoms with E-state index < -0.39 is 10.0 Å². The van der Waals surface area contributed by atoms with E-state index in [1.807, 2.05) is 19.1 Å². The highest BCUT2D eigenvalue weighted by atomic mass is 32.2. The summed E-state index contributed by atoms with van der Waals surface area (Å²) < 4.78 is 47.1. The quantitative estimate of drug-likeness (QED) is 0.576. The minimum atomic E-state index is -3.41. The van der Waals surface area contributed by atoms with Crippen molar-refractivity contribution < 1.29 is 22.3 Å². The molecule has 2 aromatic carbocycles. The largest absolute Gasteiger partial charge is 0.487 e. The summed E-state index contributed by atoms with van der Waals surface area (Å²) in [6.45, 7) is 2.41. The van der Waals surface area contributed by atoms with Crippen LogP contribution < -0.4 is 9.04 Å². The van der Waals surface area contributed by atoms with Crippen LogP contribution in [0.4, 0.5) is 10.1 Å². The van der Waals surface area contributed by atoms with E-state index in [1.54, 1.807) is 18.2 Å². The lowest BCUT2D eigenvalue weighted by molar-refractivity contribution is -0.107. The van der Waals surface area contributed by atoms with E-state index in [1.165, 1.54) is 10.4 Å². The van der Waals surface area contributed by atoms with E-state index in [0.29, 0.717) is 42.0 Å². The van der Waals surface area contributed by atoms with Crippen LogP contribution in [0.15, 0.2) is 36.4 Å². The van der Waals surface area contributed by atoms with Crippen molar-refractivity contribution in [2.45, 2.75) is 45.6 Å². The summed E-state index contributed by atoms with van der Waals surface area (Å²) in [5.41, 5.74) is 2.70. The van der Waals surface area contributed by atoms with Gasteiger partial charge in [0.1, 0.15) is 24.5 Å². The van der Waals surface area contributed by atoms with Crippen LogP contribution in [0.5, 0.6) is 5.75 Å². The van der Waals surface area contributed by atoms with Gasteiger partial charge in [-0.2, -0.15) is 0 Å². The lowest BCUT2D eigenvalue weighted by atomic mass is 10.0. The first kappa shape index (κ1) is 21.3. The predicted octanol–water partition coefficient (Wildman–Crippen LogP) is 4.03. The van der Waals surface area contributed by atoms with Crippen LogP contribution in [0, 0.1) is 5.82 Å². The molecule has 0 unspecified atom stereocenters. The minimum Gasteiger partial charge on any atom is -0.487 e. The number of hydrogen-bond acceptors (Lipinski definition) is 4. The molecule has 0 bridgehead atoms. The molecule has 3 rings (SSSR count). The fourth-order valence-electron chi connectivity index (χ4n) is 3.60. The van der Waals surface area contributed by atoms with Crippen LogP contribution in [-0.2, 0) is 34.3 Å². The molecule has 0 fully saturated rings. The molecule has 0 N–H and O–H groups in total. The Bertz CT molecular complexity index is 975. The maximum Gasteiger partial charge on any atom is 0.235 e. The third-order valence-electron chi connectivity index (χ3n) is 4.98. The Morgan fingerprint density at radius 2 is 2.07 bits per heavy atom. The number of nitrogens with zero attached hydrogens (tertiary/aromatic N) is 1. The van der Waals surface area contributed by atoms with Gasteiger partial charge < -0.3 is 9.53 Å². The number of carbonyl (C=O) groups excluding carboxylic acids is 1. The van der Waals surface area contributed by atoms with Gasteiger partial charge in [-0.3, -0.25) is 4.31 Å². The smallest absolute Gasteiger partial charge is 0.235 e. The average Bonchev–Trinajstić information content (AvgIpc) is 2.71. The second-order valence-corrected chi connectivity index (χ2v) is 9.19. The van der Waals surface area contributed by atoms with Gasteiger partial charge in [-0.15, -0.1) is 0 Å². The van der Waals surface area contributed by atoms with Crippen LogP contribution in [0.2, 0.25) is 0 Å². The number of carbonyl (C=O) groups is 1. The highest BCUT2D eigenvalue weighted by Gasteiger charge is 2.29. The highest BCUT2D eigenvalue weighted by Crippen LogP contribution is 2.38. The normalized spacial score (nSPS) is 13.8. The number of rotatable bonds is 9. The Kier molecular flexibility index (Phi) is 6.90. The molecule has 1 aliphatic rings. The van der Waals surface area contributed by atoms with Gasteiger partial charge in [0.15, 0.2) is 0 Å². The molecule has 0 spiro atoms. The van der Waals surface area contributed by atoms with Crippen LogP contribution in [0.3, 0.4) is 0 Å². The van der Waals surface area contributed by atoms with Gasteiger partial charge in [-0.1, -0.05) is 31.2 Å². The zero-order valence-electron chi connectivity index (χ0n) is 16.6. The van der Waals surface area contributed by atoms with Gasteiger partial charge in [-0.25, -0.2) is 12.8 Å². The molecule has 0 aliphatic carbocycles. The predicted molar refractivity (Wildman–Crippen MR) is 111 cm³/mol. The second-order valence-electron chi connectivity index (χ2n) is 7.18. The number of fused-ring (bicyclic) bond motifs is 1. The lowest BCUT2D eigenvalue weighted by Gasteiger charge is -2.32. The van der Waals surface area contributed by atoms with Gasteiger partial charge in [0.05, 0.1) is 11.4 Å². The number of aldehydes is 1. The molecule has 0 radical (unpaired) electrons. The first-order valence-electron chi connectivity index (χ1n) is 9.92. The number of ether oxygens (including phenoxy) is 1. The number of aryl methyl sites for hydroxylation is 2. The highest BCUT2D eigenvalue weighted by molar-refractivity contribution is 7.92. The van der Waals surface area contributed by atoms with Crippen molar-refractivity contribution in [3.63, 3.8) is 0 Å². The topological polar surface area (TPSA) is 63.7 Å². The van der Waals surface area contributed by atoms with E-state index in [2.05, 4.69) is 0 Å². The van der Waals surface area contributed by atoms with Crippen molar-refractivity contribution in [2.75, 3.05) is 16.6 Å². The summed E-state index contributed by atoms with van der Waals surface area (Å²) in [4.78, 5) is 10.5. The molecule has 156 valence electrons. The first-order chi connectivity index (χ1) is 14.0. The van der Waals surface area contributed by atoms with E-state index in [0.717, 1.165) is 24.7 Å². The zero-order valence-corrected chi connectivity index (χ0v) is 17.4. The Morgan fingerprint density at radius 3 is 2.79 bits per heavy atom.